The van der Waals surface area contributed by atoms with Crippen molar-refractivity contribution in [3.8, 4) is 0 Å². The highest BCUT2D eigenvalue weighted by Gasteiger charge is 2.47. The first-order valence-electron chi connectivity index (χ1n) is 8.06. The molecule has 0 saturated carbocycles. The molecule has 0 aromatic heterocycles. The maximum Gasteiger partial charge on any atom is 0.217 e. The summed E-state index contributed by atoms with van der Waals surface area (Å²) in [6.45, 7) is 0.0944. The zero-order valence-corrected chi connectivity index (χ0v) is 14.0. The maximum absolute atomic E-state index is 11.3. The van der Waals surface area contributed by atoms with Gasteiger partial charge in [0.1, 0.15) is 48.8 Å². The number of nitrogens with one attached hydrogen (secondary N) is 1. The Labute approximate surface area is 148 Å². The van der Waals surface area contributed by atoms with Crippen LogP contribution in [0.25, 0.3) is 0 Å². The van der Waals surface area contributed by atoms with Gasteiger partial charge in [-0.2, -0.15) is 0 Å². The molecular formula is C14H25NO11. The molecule has 2 fully saturated rings. The van der Waals surface area contributed by atoms with Crippen LogP contribution in [0, 0.1) is 0 Å². The third-order valence-electron chi connectivity index (χ3n) is 4.36. The van der Waals surface area contributed by atoms with E-state index in [4.69, 9.17) is 14.2 Å². The molecular weight excluding hydrogens is 358 g/mol. The highest BCUT2D eigenvalue weighted by atomic mass is 16.7. The van der Waals surface area contributed by atoms with E-state index in [2.05, 4.69) is 5.32 Å². The van der Waals surface area contributed by atoms with Crippen LogP contribution >= 0.6 is 0 Å². The number of amides is 1. The van der Waals surface area contributed by atoms with Crippen molar-refractivity contribution in [2.75, 3.05) is 13.2 Å². The molecule has 2 aliphatic heterocycles. The molecule has 0 radical (unpaired) electrons. The van der Waals surface area contributed by atoms with E-state index >= 15 is 0 Å². The molecule has 1 amide bonds. The quantitative estimate of drug-likeness (QED) is 0.226. The smallest absolute Gasteiger partial charge is 0.217 e. The monoisotopic (exact) mass is 383 g/mol. The minimum atomic E-state index is -1.75. The van der Waals surface area contributed by atoms with Crippen molar-refractivity contribution in [2.45, 2.75) is 68.3 Å². The van der Waals surface area contributed by atoms with E-state index in [1.54, 1.807) is 0 Å². The third kappa shape index (κ3) is 4.48. The molecule has 2 aliphatic rings. The summed E-state index contributed by atoms with van der Waals surface area (Å²) in [4.78, 5) is 11.3. The molecule has 10 atom stereocenters. The number of carbonyl (C=O) groups excluding carboxylic acids is 1. The average molecular weight is 383 g/mol. The Kier molecular flexibility index (Phi) is 7.27. The van der Waals surface area contributed by atoms with Crippen LogP contribution in [0.3, 0.4) is 0 Å². The van der Waals surface area contributed by atoms with Gasteiger partial charge >= 0.3 is 0 Å². The fraction of sp³-hybridized carbons (Fsp3) is 0.929. The van der Waals surface area contributed by atoms with Crippen molar-refractivity contribution >= 4 is 5.91 Å². The summed E-state index contributed by atoms with van der Waals surface area (Å²) in [6, 6.07) is -1.19. The van der Waals surface area contributed by atoms with E-state index in [1.165, 1.54) is 6.92 Å². The number of ether oxygens (including phenoxy) is 3. The summed E-state index contributed by atoms with van der Waals surface area (Å²) in [6.07, 6.45) is -13.5. The Hall–Kier alpha value is -0.930. The Morgan fingerprint density at radius 1 is 0.923 bits per heavy atom. The van der Waals surface area contributed by atoms with Crippen LogP contribution in [0.5, 0.6) is 0 Å². The van der Waals surface area contributed by atoms with Gasteiger partial charge in [0, 0.05) is 6.92 Å². The average Bonchev–Trinajstić information content (AvgIpc) is 2.60. The summed E-state index contributed by atoms with van der Waals surface area (Å²) in [7, 11) is 0. The van der Waals surface area contributed by atoms with Crippen LogP contribution in [0.1, 0.15) is 6.92 Å². The predicted molar refractivity (Wildman–Crippen MR) is 80.2 cm³/mol. The third-order valence-corrected chi connectivity index (χ3v) is 4.36. The van der Waals surface area contributed by atoms with Gasteiger partial charge in [-0.1, -0.05) is 0 Å². The summed E-state index contributed by atoms with van der Waals surface area (Å²) in [5, 5.41) is 70.1. The molecule has 0 unspecified atom stereocenters. The van der Waals surface area contributed by atoms with Crippen LogP contribution in [0.15, 0.2) is 0 Å². The Morgan fingerprint density at radius 2 is 1.54 bits per heavy atom. The molecule has 152 valence electrons. The molecule has 2 rings (SSSR count). The fourth-order valence-electron chi connectivity index (χ4n) is 2.87. The predicted octanol–water partition coefficient (Wildman–Crippen LogP) is -5.25. The van der Waals surface area contributed by atoms with E-state index in [9.17, 15) is 40.5 Å². The number of aliphatic hydroxyl groups is 7. The topological polar surface area (TPSA) is 198 Å². The standard InChI is InChI=1S/C14H25NO11/c1-4(17)15-7-10(20)8(18)5(2-16)26-14(7)24-3-6-9(19)11(21)12(22)13(23)25-6/h5-14,16,18-23H,2-3H2,1H3,(H,15,17)/t5-,6+,7+,8-,9+,10+,11-,12+,13+,14-/m1/s1. The lowest BCUT2D eigenvalue weighted by molar-refractivity contribution is -0.311. The van der Waals surface area contributed by atoms with Crippen molar-refractivity contribution in [2.24, 2.45) is 0 Å². The second kappa shape index (κ2) is 8.84. The first-order chi connectivity index (χ1) is 12.2. The zero-order chi connectivity index (χ0) is 19.6. The summed E-state index contributed by atoms with van der Waals surface area (Å²) in [5.41, 5.74) is 0. The van der Waals surface area contributed by atoms with E-state index in [1.807, 2.05) is 0 Å². The van der Waals surface area contributed by atoms with Crippen LogP contribution in [0.4, 0.5) is 0 Å². The van der Waals surface area contributed by atoms with Gasteiger partial charge < -0.3 is 55.3 Å². The van der Waals surface area contributed by atoms with Crippen molar-refractivity contribution < 1.29 is 54.8 Å². The van der Waals surface area contributed by atoms with Gasteiger partial charge in [0.15, 0.2) is 12.6 Å². The van der Waals surface area contributed by atoms with Gasteiger partial charge in [0.25, 0.3) is 0 Å². The molecule has 26 heavy (non-hydrogen) atoms. The van der Waals surface area contributed by atoms with E-state index in [-0.39, 0.29) is 0 Å². The van der Waals surface area contributed by atoms with Crippen LogP contribution in [-0.4, -0.2) is 116 Å². The molecule has 0 aliphatic carbocycles. The molecule has 2 saturated heterocycles. The molecule has 12 heteroatoms. The number of carbonyl (C=O) groups is 1. The van der Waals surface area contributed by atoms with Crippen molar-refractivity contribution in [1.82, 2.24) is 5.32 Å². The molecule has 2 heterocycles. The molecule has 0 aromatic rings. The Balaban J connectivity index is 2.05. The normalized spacial score (nSPS) is 46.8. The van der Waals surface area contributed by atoms with Gasteiger partial charge in [0.05, 0.1) is 13.2 Å². The van der Waals surface area contributed by atoms with Crippen LogP contribution in [0.2, 0.25) is 0 Å². The lowest BCUT2D eigenvalue weighted by Crippen LogP contribution is -2.65. The zero-order valence-electron chi connectivity index (χ0n) is 14.0. The largest absolute Gasteiger partial charge is 0.394 e. The lowest BCUT2D eigenvalue weighted by atomic mass is 9.96. The van der Waals surface area contributed by atoms with Crippen LogP contribution in [-0.2, 0) is 19.0 Å². The first kappa shape index (κ1) is 21.4. The SMILES string of the molecule is CC(=O)N[C@@H]1[C@H](OC[C@@H]2O[C@H](O)[C@@H](O)[C@H](O)[C@H]2O)O[C@H](CO)[C@@H](O)[C@H]1O. The van der Waals surface area contributed by atoms with Gasteiger partial charge in [-0.05, 0) is 0 Å². The molecule has 0 bridgehead atoms. The Morgan fingerprint density at radius 3 is 2.12 bits per heavy atom. The summed E-state index contributed by atoms with van der Waals surface area (Å²) < 4.78 is 15.7. The first-order valence-corrected chi connectivity index (χ1v) is 8.06. The number of aliphatic hydroxyl groups excluding tert-OH is 7. The minimum Gasteiger partial charge on any atom is -0.394 e. The minimum absolute atomic E-state index is 0.455. The summed E-state index contributed by atoms with van der Waals surface area (Å²) in [5.74, 6) is -0.538. The second-order valence-electron chi connectivity index (χ2n) is 6.30. The molecule has 12 nitrogen and oxygen atoms in total. The Bertz CT molecular complexity index is 480. The van der Waals surface area contributed by atoms with Crippen molar-refractivity contribution in [1.29, 1.82) is 0 Å². The van der Waals surface area contributed by atoms with Crippen LogP contribution < -0.4 is 5.32 Å². The van der Waals surface area contributed by atoms with Gasteiger partial charge in [-0.25, -0.2) is 0 Å². The second-order valence-corrected chi connectivity index (χ2v) is 6.30. The van der Waals surface area contributed by atoms with Gasteiger partial charge in [0.2, 0.25) is 5.91 Å². The van der Waals surface area contributed by atoms with Gasteiger partial charge in [-0.3, -0.25) is 4.79 Å². The number of hydrogen-bond donors (Lipinski definition) is 8. The van der Waals surface area contributed by atoms with E-state index in [0.717, 1.165) is 0 Å². The fourth-order valence-corrected chi connectivity index (χ4v) is 2.87. The van der Waals surface area contributed by atoms with Crippen molar-refractivity contribution in [3.05, 3.63) is 0 Å². The highest BCUT2D eigenvalue weighted by Crippen LogP contribution is 2.25. The number of hydrogen-bond acceptors (Lipinski definition) is 11. The molecule has 0 spiro atoms. The van der Waals surface area contributed by atoms with E-state index in [0.29, 0.717) is 0 Å². The lowest BCUT2D eigenvalue weighted by Gasteiger charge is -2.43. The maximum atomic E-state index is 11.3. The number of rotatable bonds is 5. The van der Waals surface area contributed by atoms with Crippen molar-refractivity contribution in [3.63, 3.8) is 0 Å². The highest BCUT2D eigenvalue weighted by molar-refractivity contribution is 5.73. The van der Waals surface area contributed by atoms with Gasteiger partial charge in [-0.15, -0.1) is 0 Å². The molecule has 0 aromatic carbocycles. The summed E-state index contributed by atoms with van der Waals surface area (Å²) >= 11 is 0. The molecule has 8 N–H and O–H groups in total. The van der Waals surface area contributed by atoms with E-state index < -0.39 is 80.5 Å².